The smallest absolute Gasteiger partial charge is 0.131 e. The number of hydrogen-bond donors (Lipinski definition) is 2. The van der Waals surface area contributed by atoms with E-state index in [9.17, 15) is 10.4 Å². The van der Waals surface area contributed by atoms with Crippen LogP contribution in [0.25, 0.3) is 0 Å². The predicted octanol–water partition coefficient (Wildman–Crippen LogP) is 3.31. The van der Waals surface area contributed by atoms with E-state index < -0.39 is 5.60 Å². The molecule has 2 N–H and O–H groups in total. The lowest BCUT2D eigenvalue weighted by molar-refractivity contribution is -0.326. The standard InChI is InChI=1S/C15H24O3/c1-10-7-12-8-14(3,4)9-15(12,18-17)11(2)5-6-13(10)16/h7-8,11,13,16-17H,5-6,9H2,1-4H3/b10-7-/t11-,13+,15-/m1/s1. The van der Waals surface area contributed by atoms with Gasteiger partial charge in [-0.05, 0) is 48.7 Å². The van der Waals surface area contributed by atoms with Crippen LogP contribution in [0.15, 0.2) is 23.3 Å². The second kappa shape index (κ2) is 4.48. The van der Waals surface area contributed by atoms with Gasteiger partial charge in [0.1, 0.15) is 5.60 Å². The number of fused-ring (bicyclic) bond motifs is 1. The van der Waals surface area contributed by atoms with Crippen molar-refractivity contribution in [3.05, 3.63) is 23.3 Å². The minimum Gasteiger partial charge on any atom is -0.389 e. The fourth-order valence-electron chi connectivity index (χ4n) is 3.38. The zero-order valence-electron chi connectivity index (χ0n) is 11.7. The highest BCUT2D eigenvalue weighted by Gasteiger charge is 2.50. The normalized spacial score (nSPS) is 42.3. The van der Waals surface area contributed by atoms with E-state index in [-0.39, 0.29) is 17.4 Å². The monoisotopic (exact) mass is 252 g/mol. The van der Waals surface area contributed by atoms with Gasteiger partial charge in [0.2, 0.25) is 0 Å². The predicted molar refractivity (Wildman–Crippen MR) is 71.1 cm³/mol. The summed E-state index contributed by atoms with van der Waals surface area (Å²) < 4.78 is 0. The molecule has 0 heterocycles. The summed E-state index contributed by atoms with van der Waals surface area (Å²) >= 11 is 0. The first kappa shape index (κ1) is 13.8. The zero-order valence-corrected chi connectivity index (χ0v) is 11.7. The summed E-state index contributed by atoms with van der Waals surface area (Å²) in [5, 5.41) is 19.5. The molecular weight excluding hydrogens is 228 g/mol. The minimum absolute atomic E-state index is 0.0123. The van der Waals surface area contributed by atoms with E-state index in [0.717, 1.165) is 30.4 Å². The van der Waals surface area contributed by atoms with Gasteiger partial charge in [-0.3, -0.25) is 5.26 Å². The van der Waals surface area contributed by atoms with Crippen molar-refractivity contribution < 1.29 is 15.3 Å². The molecule has 0 fully saturated rings. The van der Waals surface area contributed by atoms with E-state index in [2.05, 4.69) is 26.8 Å². The van der Waals surface area contributed by atoms with Crippen LogP contribution >= 0.6 is 0 Å². The van der Waals surface area contributed by atoms with Crippen LogP contribution in [0.4, 0.5) is 0 Å². The van der Waals surface area contributed by atoms with Gasteiger partial charge in [-0.2, -0.15) is 0 Å². The van der Waals surface area contributed by atoms with Crippen LogP contribution in [0.3, 0.4) is 0 Å². The van der Waals surface area contributed by atoms with Gasteiger partial charge in [0.15, 0.2) is 0 Å². The molecule has 2 aliphatic carbocycles. The molecule has 0 saturated carbocycles. The number of aliphatic hydroxyl groups excluding tert-OH is 1. The maximum atomic E-state index is 10.0. The molecule has 2 aliphatic rings. The van der Waals surface area contributed by atoms with Crippen LogP contribution in [0.2, 0.25) is 0 Å². The Morgan fingerprint density at radius 1 is 1.33 bits per heavy atom. The molecule has 0 amide bonds. The summed E-state index contributed by atoms with van der Waals surface area (Å²) in [4.78, 5) is 4.98. The maximum Gasteiger partial charge on any atom is 0.131 e. The van der Waals surface area contributed by atoms with Crippen molar-refractivity contribution in [2.24, 2.45) is 11.3 Å². The fraction of sp³-hybridized carbons (Fsp3) is 0.733. The highest BCUT2D eigenvalue weighted by Crippen LogP contribution is 2.51. The van der Waals surface area contributed by atoms with E-state index in [0.29, 0.717) is 0 Å². The van der Waals surface area contributed by atoms with Gasteiger partial charge in [-0.15, -0.1) is 0 Å². The van der Waals surface area contributed by atoms with Crippen molar-refractivity contribution in [3.63, 3.8) is 0 Å². The van der Waals surface area contributed by atoms with Crippen molar-refractivity contribution in [2.75, 3.05) is 0 Å². The Labute approximate surface area is 109 Å². The number of allylic oxidation sites excluding steroid dienone is 1. The van der Waals surface area contributed by atoms with Crippen LogP contribution in [0.5, 0.6) is 0 Å². The van der Waals surface area contributed by atoms with Crippen molar-refractivity contribution in [1.82, 2.24) is 0 Å². The molecule has 3 atom stereocenters. The quantitative estimate of drug-likeness (QED) is 0.556. The van der Waals surface area contributed by atoms with Crippen LogP contribution in [0, 0.1) is 11.3 Å². The Morgan fingerprint density at radius 2 is 2.00 bits per heavy atom. The molecule has 0 unspecified atom stereocenters. The van der Waals surface area contributed by atoms with E-state index in [1.165, 1.54) is 0 Å². The third-order valence-corrected chi connectivity index (χ3v) is 4.49. The molecule has 0 aromatic heterocycles. The van der Waals surface area contributed by atoms with E-state index in [1.807, 2.05) is 13.0 Å². The largest absolute Gasteiger partial charge is 0.389 e. The molecule has 0 aliphatic heterocycles. The van der Waals surface area contributed by atoms with Gasteiger partial charge >= 0.3 is 0 Å². The third kappa shape index (κ3) is 2.15. The van der Waals surface area contributed by atoms with Crippen LogP contribution in [-0.2, 0) is 4.89 Å². The lowest BCUT2D eigenvalue weighted by Gasteiger charge is -2.37. The lowest BCUT2D eigenvalue weighted by atomic mass is 9.75. The van der Waals surface area contributed by atoms with Crippen molar-refractivity contribution in [3.8, 4) is 0 Å². The van der Waals surface area contributed by atoms with Crippen LogP contribution in [-0.4, -0.2) is 22.1 Å². The van der Waals surface area contributed by atoms with Gasteiger partial charge in [0.05, 0.1) is 6.10 Å². The molecule has 2 rings (SSSR count). The Balaban J connectivity index is 2.50. The summed E-state index contributed by atoms with van der Waals surface area (Å²) in [7, 11) is 0. The van der Waals surface area contributed by atoms with Gasteiger partial charge in [-0.25, -0.2) is 4.89 Å². The average molecular weight is 252 g/mol. The third-order valence-electron chi connectivity index (χ3n) is 4.49. The molecule has 0 bridgehead atoms. The highest BCUT2D eigenvalue weighted by molar-refractivity contribution is 5.40. The number of aliphatic hydroxyl groups is 1. The molecule has 0 spiro atoms. The Bertz CT molecular complexity index is 395. The molecule has 0 saturated heterocycles. The van der Waals surface area contributed by atoms with Crippen molar-refractivity contribution >= 4 is 0 Å². The van der Waals surface area contributed by atoms with Gasteiger partial charge < -0.3 is 5.11 Å². The molecule has 102 valence electrons. The van der Waals surface area contributed by atoms with E-state index in [1.54, 1.807) is 0 Å². The van der Waals surface area contributed by atoms with Gasteiger partial charge in [0, 0.05) is 0 Å². The first-order valence-electron chi connectivity index (χ1n) is 6.73. The second-order valence-electron chi connectivity index (χ2n) is 6.63. The first-order valence-corrected chi connectivity index (χ1v) is 6.73. The molecule has 0 radical (unpaired) electrons. The molecular formula is C15H24O3. The minimum atomic E-state index is -0.606. The zero-order chi connectivity index (χ0) is 13.6. The summed E-state index contributed by atoms with van der Waals surface area (Å²) in [6.45, 7) is 8.33. The molecule has 3 nitrogen and oxygen atoms in total. The molecule has 3 heteroatoms. The lowest BCUT2D eigenvalue weighted by Crippen LogP contribution is -2.41. The topological polar surface area (TPSA) is 49.7 Å². The summed E-state index contributed by atoms with van der Waals surface area (Å²) in [6.07, 6.45) is 6.14. The average Bonchev–Trinajstić information content (AvgIpc) is 2.56. The molecule has 0 aromatic carbocycles. The maximum absolute atomic E-state index is 10.0. The Morgan fingerprint density at radius 3 is 2.61 bits per heavy atom. The first-order chi connectivity index (χ1) is 8.31. The Kier molecular flexibility index (Phi) is 3.43. The van der Waals surface area contributed by atoms with E-state index >= 15 is 0 Å². The van der Waals surface area contributed by atoms with E-state index in [4.69, 9.17) is 4.89 Å². The highest BCUT2D eigenvalue weighted by atomic mass is 17.1. The van der Waals surface area contributed by atoms with Crippen molar-refractivity contribution in [1.29, 1.82) is 0 Å². The number of hydrogen-bond acceptors (Lipinski definition) is 3. The van der Waals surface area contributed by atoms with Crippen LogP contribution in [0.1, 0.15) is 47.0 Å². The van der Waals surface area contributed by atoms with Gasteiger partial charge in [0.25, 0.3) is 0 Å². The summed E-state index contributed by atoms with van der Waals surface area (Å²) in [6, 6.07) is 0. The Hall–Kier alpha value is -0.640. The number of rotatable bonds is 1. The van der Waals surface area contributed by atoms with Crippen molar-refractivity contribution in [2.45, 2.75) is 58.7 Å². The van der Waals surface area contributed by atoms with Crippen LogP contribution < -0.4 is 0 Å². The summed E-state index contributed by atoms with van der Waals surface area (Å²) in [5.74, 6) is 0.189. The SMILES string of the molecule is C/C1=C/C2=CC(C)(C)C[C@@]2(OO)[C@H](C)CC[C@@H]1O. The molecule has 0 aromatic rings. The summed E-state index contributed by atoms with van der Waals surface area (Å²) in [5.41, 5.74) is 1.37. The van der Waals surface area contributed by atoms with Gasteiger partial charge in [-0.1, -0.05) is 32.9 Å². The fourth-order valence-corrected chi connectivity index (χ4v) is 3.38. The second-order valence-corrected chi connectivity index (χ2v) is 6.63. The molecule has 18 heavy (non-hydrogen) atoms.